The summed E-state index contributed by atoms with van der Waals surface area (Å²) in [5.74, 6) is -0.238. The van der Waals surface area contributed by atoms with Gasteiger partial charge in [0.15, 0.2) is 4.60 Å². The Labute approximate surface area is 121 Å². The number of rotatable bonds is 2. The fourth-order valence-corrected chi connectivity index (χ4v) is 3.65. The molecule has 0 aliphatic carbocycles. The highest BCUT2D eigenvalue weighted by Crippen LogP contribution is 2.33. The summed E-state index contributed by atoms with van der Waals surface area (Å²) >= 11 is 4.82. The highest BCUT2D eigenvalue weighted by Gasteiger charge is 2.20. The van der Waals surface area contributed by atoms with Crippen LogP contribution in [0.15, 0.2) is 28.9 Å². The molecule has 0 spiro atoms. The molecule has 3 rings (SSSR count). The Bertz CT molecular complexity index is 732. The van der Waals surface area contributed by atoms with Crippen LogP contribution < -0.4 is 5.73 Å². The molecule has 0 saturated carbocycles. The lowest BCUT2D eigenvalue weighted by molar-refractivity contribution is 0.630. The Hall–Kier alpha value is -1.31. The molecule has 0 bridgehead atoms. The van der Waals surface area contributed by atoms with Crippen LogP contribution in [0.1, 0.15) is 16.6 Å². The summed E-state index contributed by atoms with van der Waals surface area (Å²) in [5, 5.41) is 8.83. The van der Waals surface area contributed by atoms with E-state index in [9.17, 15) is 4.39 Å². The number of hydrogen-bond donors (Lipinski definition) is 1. The Balaban J connectivity index is 2.09. The molecule has 3 aromatic rings. The van der Waals surface area contributed by atoms with Gasteiger partial charge in [0.05, 0.1) is 11.7 Å². The topological polar surface area (TPSA) is 56.7 Å². The van der Waals surface area contributed by atoms with E-state index in [1.165, 1.54) is 23.5 Å². The maximum Gasteiger partial charge on any atom is 0.153 e. The van der Waals surface area contributed by atoms with Crippen LogP contribution in [-0.4, -0.2) is 15.0 Å². The van der Waals surface area contributed by atoms with Gasteiger partial charge in [0.2, 0.25) is 0 Å². The number of aryl methyl sites for hydroxylation is 1. The summed E-state index contributed by atoms with van der Waals surface area (Å²) in [6.07, 6.45) is 0. The molecule has 0 radical (unpaired) electrons. The van der Waals surface area contributed by atoms with E-state index >= 15 is 0 Å². The Morgan fingerprint density at radius 3 is 2.89 bits per heavy atom. The van der Waals surface area contributed by atoms with E-state index in [0.29, 0.717) is 4.60 Å². The molecular formula is C12H10BrFN4S. The average Bonchev–Trinajstić information content (AvgIpc) is 2.92. The molecule has 7 heteroatoms. The quantitative estimate of drug-likeness (QED) is 0.780. The molecule has 19 heavy (non-hydrogen) atoms. The largest absolute Gasteiger partial charge is 0.318 e. The van der Waals surface area contributed by atoms with Crippen LogP contribution in [0.5, 0.6) is 0 Å². The van der Waals surface area contributed by atoms with Gasteiger partial charge in [-0.1, -0.05) is 11.3 Å². The Morgan fingerprint density at radius 2 is 2.21 bits per heavy atom. The molecule has 0 saturated heterocycles. The van der Waals surface area contributed by atoms with Gasteiger partial charge in [0.25, 0.3) is 0 Å². The smallest absolute Gasteiger partial charge is 0.153 e. The molecule has 1 atom stereocenters. The predicted octanol–water partition coefficient (Wildman–Crippen LogP) is 2.98. The first-order chi connectivity index (χ1) is 9.06. The fourth-order valence-electron chi connectivity index (χ4n) is 1.98. The van der Waals surface area contributed by atoms with Crippen LogP contribution in [0.2, 0.25) is 0 Å². The van der Waals surface area contributed by atoms with Crippen molar-refractivity contribution in [2.45, 2.75) is 6.04 Å². The highest BCUT2D eigenvalue weighted by atomic mass is 79.9. The van der Waals surface area contributed by atoms with E-state index in [0.717, 1.165) is 20.7 Å². The summed E-state index contributed by atoms with van der Waals surface area (Å²) < 4.78 is 16.3. The average molecular weight is 341 g/mol. The number of nitrogens with two attached hydrogens (primary N) is 1. The molecule has 1 aromatic carbocycles. The molecule has 0 fully saturated rings. The third-order valence-corrected chi connectivity index (χ3v) is 4.67. The van der Waals surface area contributed by atoms with Crippen molar-refractivity contribution >= 4 is 37.4 Å². The van der Waals surface area contributed by atoms with E-state index in [2.05, 4.69) is 26.2 Å². The van der Waals surface area contributed by atoms with Gasteiger partial charge in [0.1, 0.15) is 5.82 Å². The van der Waals surface area contributed by atoms with E-state index < -0.39 is 0 Å². The number of thiophene rings is 1. The van der Waals surface area contributed by atoms with Crippen molar-refractivity contribution in [3.8, 4) is 0 Å². The van der Waals surface area contributed by atoms with Crippen LogP contribution in [0.25, 0.3) is 10.1 Å². The summed E-state index contributed by atoms with van der Waals surface area (Å²) in [4.78, 5) is 0.951. The zero-order chi connectivity index (χ0) is 13.6. The lowest BCUT2D eigenvalue weighted by Gasteiger charge is -2.09. The molecule has 98 valence electrons. The number of benzene rings is 1. The minimum absolute atomic E-state index is 0.238. The van der Waals surface area contributed by atoms with Gasteiger partial charge < -0.3 is 5.73 Å². The van der Waals surface area contributed by atoms with Crippen LogP contribution >= 0.6 is 27.3 Å². The number of nitrogens with zero attached hydrogens (tertiary/aromatic N) is 3. The van der Waals surface area contributed by atoms with Crippen molar-refractivity contribution in [1.29, 1.82) is 0 Å². The van der Waals surface area contributed by atoms with Crippen molar-refractivity contribution in [2.75, 3.05) is 0 Å². The van der Waals surface area contributed by atoms with Gasteiger partial charge in [-0.05, 0) is 39.5 Å². The molecule has 1 unspecified atom stereocenters. The Morgan fingerprint density at radius 1 is 1.42 bits per heavy atom. The molecule has 0 amide bonds. The second kappa shape index (κ2) is 4.66. The van der Waals surface area contributed by atoms with Crippen LogP contribution in [0.4, 0.5) is 4.39 Å². The maximum atomic E-state index is 13.2. The number of halogens is 2. The number of hydrogen-bond acceptors (Lipinski definition) is 4. The summed E-state index contributed by atoms with van der Waals surface area (Å²) in [6, 6.07) is 6.37. The maximum absolute atomic E-state index is 13.2. The first-order valence-electron chi connectivity index (χ1n) is 5.56. The highest BCUT2D eigenvalue weighted by molar-refractivity contribution is 9.10. The minimum Gasteiger partial charge on any atom is -0.318 e. The first-order valence-corrected chi connectivity index (χ1v) is 7.17. The molecule has 0 aliphatic heterocycles. The third-order valence-electron chi connectivity index (χ3n) is 2.93. The molecule has 2 heterocycles. The lowest BCUT2D eigenvalue weighted by Crippen LogP contribution is -2.15. The predicted molar refractivity (Wildman–Crippen MR) is 76.5 cm³/mol. The van der Waals surface area contributed by atoms with Gasteiger partial charge in [-0.25, -0.2) is 9.07 Å². The Kier molecular flexibility index (Phi) is 3.12. The minimum atomic E-state index is -0.338. The second-order valence-corrected chi connectivity index (χ2v) is 6.06. The van der Waals surface area contributed by atoms with Gasteiger partial charge in [-0.2, -0.15) is 0 Å². The van der Waals surface area contributed by atoms with E-state index in [1.807, 2.05) is 6.07 Å². The third kappa shape index (κ3) is 2.18. The molecular weight excluding hydrogens is 331 g/mol. The SMILES string of the molecule is Cn1nnc(Br)c1C(N)c1cc2ccc(F)cc2s1. The van der Waals surface area contributed by atoms with Gasteiger partial charge in [-0.15, -0.1) is 16.4 Å². The van der Waals surface area contributed by atoms with Gasteiger partial charge in [0, 0.05) is 16.6 Å². The van der Waals surface area contributed by atoms with Crippen molar-refractivity contribution in [3.05, 3.63) is 45.3 Å². The van der Waals surface area contributed by atoms with Crippen LogP contribution in [0.3, 0.4) is 0 Å². The van der Waals surface area contributed by atoms with Crippen LogP contribution in [-0.2, 0) is 7.05 Å². The number of aromatic nitrogens is 3. The number of fused-ring (bicyclic) bond motifs is 1. The zero-order valence-electron chi connectivity index (χ0n) is 9.97. The molecule has 2 N–H and O–H groups in total. The lowest BCUT2D eigenvalue weighted by atomic mass is 10.1. The standard InChI is InChI=1S/C12H10BrFN4S/c1-18-11(12(13)16-17-18)10(15)9-4-6-2-3-7(14)5-8(6)19-9/h2-5,10H,15H2,1H3. The van der Waals surface area contributed by atoms with Crippen molar-refractivity contribution < 1.29 is 4.39 Å². The monoisotopic (exact) mass is 340 g/mol. The summed E-state index contributed by atoms with van der Waals surface area (Å²) in [5.41, 5.74) is 7.05. The zero-order valence-corrected chi connectivity index (χ0v) is 12.4. The van der Waals surface area contributed by atoms with E-state index in [4.69, 9.17) is 5.73 Å². The van der Waals surface area contributed by atoms with E-state index in [-0.39, 0.29) is 11.9 Å². The summed E-state index contributed by atoms with van der Waals surface area (Å²) in [6.45, 7) is 0. The van der Waals surface area contributed by atoms with E-state index in [1.54, 1.807) is 17.8 Å². The molecule has 4 nitrogen and oxygen atoms in total. The van der Waals surface area contributed by atoms with Crippen molar-refractivity contribution in [2.24, 2.45) is 12.8 Å². The molecule has 2 aromatic heterocycles. The van der Waals surface area contributed by atoms with Crippen LogP contribution in [0, 0.1) is 5.82 Å². The fraction of sp³-hybridized carbons (Fsp3) is 0.167. The first kappa shape index (κ1) is 12.7. The normalized spacial score (nSPS) is 13.1. The second-order valence-electron chi connectivity index (χ2n) is 4.20. The van der Waals surface area contributed by atoms with Crippen molar-refractivity contribution in [3.63, 3.8) is 0 Å². The molecule has 0 aliphatic rings. The summed E-state index contributed by atoms with van der Waals surface area (Å²) in [7, 11) is 1.79. The van der Waals surface area contributed by atoms with Crippen molar-refractivity contribution in [1.82, 2.24) is 15.0 Å². The van der Waals surface area contributed by atoms with Gasteiger partial charge in [-0.3, -0.25) is 0 Å². The van der Waals surface area contributed by atoms with Gasteiger partial charge >= 0.3 is 0 Å².